The third-order valence-corrected chi connectivity index (χ3v) is 4.58. The number of aromatic nitrogens is 2. The minimum absolute atomic E-state index is 0.215. The van der Waals surface area contributed by atoms with Crippen molar-refractivity contribution in [3.63, 3.8) is 0 Å². The van der Waals surface area contributed by atoms with E-state index < -0.39 is 0 Å². The molecule has 1 fully saturated rings. The van der Waals surface area contributed by atoms with Gasteiger partial charge in [0.2, 0.25) is 5.88 Å². The first kappa shape index (κ1) is 15.0. The molecule has 1 aliphatic rings. The highest BCUT2D eigenvalue weighted by Crippen LogP contribution is 2.30. The van der Waals surface area contributed by atoms with E-state index in [0.29, 0.717) is 11.6 Å². The van der Waals surface area contributed by atoms with E-state index in [0.717, 1.165) is 32.0 Å². The van der Waals surface area contributed by atoms with Gasteiger partial charge in [-0.1, -0.05) is 6.07 Å². The van der Waals surface area contributed by atoms with Crippen molar-refractivity contribution in [1.29, 1.82) is 0 Å². The zero-order valence-electron chi connectivity index (χ0n) is 13.4. The molecule has 0 radical (unpaired) electrons. The third kappa shape index (κ3) is 2.86. The fourth-order valence-corrected chi connectivity index (χ4v) is 3.23. The number of fused-ring (bicyclic) bond motifs is 1. The Hall–Kier alpha value is -1.88. The van der Waals surface area contributed by atoms with E-state index in [4.69, 9.17) is 0 Å². The number of likely N-dealkylation sites (tertiary alicyclic amines) is 1. The zero-order chi connectivity index (χ0) is 15.9. The number of nitrogens with zero attached hydrogens (tertiary/aromatic N) is 3. The largest absolute Gasteiger partial charge is 0.493 e. The van der Waals surface area contributed by atoms with Crippen LogP contribution < -0.4 is 5.56 Å². The molecule has 1 aliphatic heterocycles. The minimum Gasteiger partial charge on any atom is -0.493 e. The van der Waals surface area contributed by atoms with Gasteiger partial charge in [-0.15, -0.1) is 0 Å². The van der Waals surface area contributed by atoms with Gasteiger partial charge in [0.05, 0.1) is 6.07 Å². The standard InChI is InChI=1S/C17H23N3O2/c1-17(2,3)19-8-6-12(7-9-19)13-4-5-14-18-15(21)10-16(22)20(14)11-13/h4-5,10-12,21H,6-9H2,1-3H3. The van der Waals surface area contributed by atoms with Gasteiger partial charge in [-0.3, -0.25) is 14.1 Å². The number of hydrogen-bond acceptors (Lipinski definition) is 4. The zero-order valence-corrected chi connectivity index (χ0v) is 13.4. The quantitative estimate of drug-likeness (QED) is 0.878. The molecule has 0 bridgehead atoms. The Balaban J connectivity index is 1.85. The normalized spacial score (nSPS) is 18.0. The highest BCUT2D eigenvalue weighted by Gasteiger charge is 2.27. The number of pyridine rings is 1. The van der Waals surface area contributed by atoms with Gasteiger partial charge in [-0.05, 0) is 64.3 Å². The molecule has 0 saturated carbocycles. The summed E-state index contributed by atoms with van der Waals surface area (Å²) in [5.74, 6) is 0.250. The Kier molecular flexibility index (Phi) is 3.68. The molecule has 1 saturated heterocycles. The van der Waals surface area contributed by atoms with Crippen molar-refractivity contribution >= 4 is 5.65 Å². The van der Waals surface area contributed by atoms with E-state index in [1.807, 2.05) is 18.3 Å². The van der Waals surface area contributed by atoms with Gasteiger partial charge < -0.3 is 5.11 Å². The van der Waals surface area contributed by atoms with E-state index in [2.05, 4.69) is 30.7 Å². The monoisotopic (exact) mass is 301 g/mol. The molecule has 3 heterocycles. The lowest BCUT2D eigenvalue weighted by molar-refractivity contribution is 0.102. The second kappa shape index (κ2) is 5.39. The number of hydrogen-bond donors (Lipinski definition) is 1. The maximum absolute atomic E-state index is 12.0. The maximum Gasteiger partial charge on any atom is 0.261 e. The number of aromatic hydroxyl groups is 1. The molecular weight excluding hydrogens is 278 g/mol. The molecule has 0 aliphatic carbocycles. The summed E-state index contributed by atoms with van der Waals surface area (Å²) in [6.07, 6.45) is 4.08. The van der Waals surface area contributed by atoms with Crippen molar-refractivity contribution in [2.45, 2.75) is 45.1 Å². The fourth-order valence-electron chi connectivity index (χ4n) is 3.23. The molecule has 118 valence electrons. The van der Waals surface area contributed by atoms with Crippen molar-refractivity contribution in [3.8, 4) is 5.88 Å². The van der Waals surface area contributed by atoms with Crippen molar-refractivity contribution in [3.05, 3.63) is 40.3 Å². The van der Waals surface area contributed by atoms with Crippen LogP contribution in [0.25, 0.3) is 5.65 Å². The first-order valence-corrected chi connectivity index (χ1v) is 7.82. The topological polar surface area (TPSA) is 57.8 Å². The molecule has 0 atom stereocenters. The average molecular weight is 301 g/mol. The molecule has 0 aromatic carbocycles. The lowest BCUT2D eigenvalue weighted by Gasteiger charge is -2.41. The summed E-state index contributed by atoms with van der Waals surface area (Å²) in [7, 11) is 0. The summed E-state index contributed by atoms with van der Waals surface area (Å²) >= 11 is 0. The molecule has 3 rings (SSSR count). The van der Waals surface area contributed by atoms with Crippen molar-refractivity contribution in [2.75, 3.05) is 13.1 Å². The first-order chi connectivity index (χ1) is 10.3. The van der Waals surface area contributed by atoms with E-state index in [9.17, 15) is 9.90 Å². The summed E-state index contributed by atoms with van der Waals surface area (Å²) in [5.41, 5.74) is 1.64. The second-order valence-corrected chi connectivity index (χ2v) is 7.08. The van der Waals surface area contributed by atoms with E-state index >= 15 is 0 Å². The van der Waals surface area contributed by atoms with E-state index in [-0.39, 0.29) is 17.0 Å². The maximum atomic E-state index is 12.0. The molecule has 22 heavy (non-hydrogen) atoms. The van der Waals surface area contributed by atoms with Gasteiger partial charge in [0.25, 0.3) is 5.56 Å². The van der Waals surface area contributed by atoms with Crippen LogP contribution in [-0.2, 0) is 0 Å². The molecule has 1 N–H and O–H groups in total. The predicted octanol–water partition coefficient (Wildman–Crippen LogP) is 2.38. The van der Waals surface area contributed by atoms with Gasteiger partial charge in [-0.25, -0.2) is 0 Å². The Morgan fingerprint density at radius 2 is 1.91 bits per heavy atom. The van der Waals surface area contributed by atoms with Crippen molar-refractivity contribution in [2.24, 2.45) is 0 Å². The summed E-state index contributed by atoms with van der Waals surface area (Å²) in [5, 5.41) is 9.40. The van der Waals surface area contributed by atoms with Crippen LogP contribution in [0.15, 0.2) is 29.2 Å². The minimum atomic E-state index is -0.239. The molecule has 0 amide bonds. The van der Waals surface area contributed by atoms with Gasteiger partial charge >= 0.3 is 0 Å². The molecule has 5 heteroatoms. The molecule has 5 nitrogen and oxygen atoms in total. The van der Waals surface area contributed by atoms with Gasteiger partial charge in [0.15, 0.2) is 0 Å². The summed E-state index contributed by atoms with van der Waals surface area (Å²) in [6.45, 7) is 8.91. The summed E-state index contributed by atoms with van der Waals surface area (Å²) in [6, 6.07) is 4.99. The van der Waals surface area contributed by atoms with Crippen LogP contribution in [0, 0.1) is 0 Å². The lowest BCUT2D eigenvalue weighted by atomic mass is 9.88. The van der Waals surface area contributed by atoms with Crippen LogP contribution >= 0.6 is 0 Å². The van der Waals surface area contributed by atoms with E-state index in [1.165, 1.54) is 9.96 Å². The molecular formula is C17H23N3O2. The summed E-state index contributed by atoms with van der Waals surface area (Å²) < 4.78 is 1.52. The Morgan fingerprint density at radius 3 is 2.55 bits per heavy atom. The molecule has 2 aromatic heterocycles. The van der Waals surface area contributed by atoms with E-state index in [1.54, 1.807) is 0 Å². The molecule has 2 aromatic rings. The van der Waals surface area contributed by atoms with Gasteiger partial charge in [0, 0.05) is 11.7 Å². The molecule has 0 spiro atoms. The lowest BCUT2D eigenvalue weighted by Crippen LogP contribution is -2.45. The Bertz CT molecular complexity index is 738. The van der Waals surface area contributed by atoms with Gasteiger partial charge in [0.1, 0.15) is 5.65 Å². The highest BCUT2D eigenvalue weighted by atomic mass is 16.3. The second-order valence-electron chi connectivity index (χ2n) is 7.08. The number of rotatable bonds is 1. The van der Waals surface area contributed by atoms with Crippen LogP contribution in [0.2, 0.25) is 0 Å². The van der Waals surface area contributed by atoms with Crippen molar-refractivity contribution < 1.29 is 5.11 Å². The first-order valence-electron chi connectivity index (χ1n) is 7.82. The molecule has 0 unspecified atom stereocenters. The SMILES string of the molecule is CC(C)(C)N1CCC(c2ccc3nc(O)cc(=O)n3c2)CC1. The number of piperidine rings is 1. The highest BCUT2D eigenvalue weighted by molar-refractivity contribution is 5.41. The van der Waals surface area contributed by atoms with Crippen LogP contribution in [0.1, 0.15) is 45.1 Å². The van der Waals surface area contributed by atoms with Crippen LogP contribution in [0.3, 0.4) is 0 Å². The van der Waals surface area contributed by atoms with Crippen LogP contribution in [0.5, 0.6) is 5.88 Å². The smallest absolute Gasteiger partial charge is 0.261 e. The summed E-state index contributed by atoms with van der Waals surface area (Å²) in [4.78, 5) is 18.5. The van der Waals surface area contributed by atoms with Crippen LogP contribution in [-0.4, -0.2) is 38.0 Å². The predicted molar refractivity (Wildman–Crippen MR) is 86.4 cm³/mol. The average Bonchev–Trinajstić information content (AvgIpc) is 2.46. The third-order valence-electron chi connectivity index (χ3n) is 4.58. The van der Waals surface area contributed by atoms with Gasteiger partial charge in [-0.2, -0.15) is 4.98 Å². The van der Waals surface area contributed by atoms with Crippen LogP contribution in [0.4, 0.5) is 0 Å². The Labute approximate surface area is 130 Å². The fraction of sp³-hybridized carbons (Fsp3) is 0.529. The Morgan fingerprint density at radius 1 is 1.23 bits per heavy atom. The van der Waals surface area contributed by atoms with Crippen molar-refractivity contribution in [1.82, 2.24) is 14.3 Å².